The lowest BCUT2D eigenvalue weighted by molar-refractivity contribution is 0.481. The molecule has 74 valence electrons. The number of fused-ring (bicyclic) bond motifs is 1. The van der Waals surface area contributed by atoms with Crippen LogP contribution in [0.15, 0.2) is 22.8 Å². The lowest BCUT2D eigenvalue weighted by Crippen LogP contribution is -2.01. The predicted molar refractivity (Wildman–Crippen MR) is 59.5 cm³/mol. The van der Waals surface area contributed by atoms with Crippen molar-refractivity contribution in [2.45, 2.75) is 19.9 Å². The molecule has 14 heavy (non-hydrogen) atoms. The monoisotopic (exact) mass is 254 g/mol. The summed E-state index contributed by atoms with van der Waals surface area (Å²) in [5, 5.41) is 14.8. The number of rotatable bonds is 1. The van der Waals surface area contributed by atoms with Crippen LogP contribution in [0.1, 0.15) is 19.9 Å². The number of benzene rings is 1. The molecule has 2 rings (SSSR count). The number of nitrogens with zero attached hydrogens (tertiary/aromatic N) is 2. The maximum Gasteiger partial charge on any atom is 0.139 e. The Morgan fingerprint density at radius 2 is 2.14 bits per heavy atom. The van der Waals surface area contributed by atoms with Crippen molar-refractivity contribution >= 4 is 26.8 Å². The van der Waals surface area contributed by atoms with E-state index in [1.165, 1.54) is 0 Å². The van der Waals surface area contributed by atoms with Crippen molar-refractivity contribution in [3.63, 3.8) is 0 Å². The van der Waals surface area contributed by atoms with Crippen LogP contribution in [-0.4, -0.2) is 14.9 Å². The third-order valence-corrected chi connectivity index (χ3v) is 2.71. The second-order valence-electron chi connectivity index (χ2n) is 3.50. The number of aromatic hydroxyl groups is 1. The van der Waals surface area contributed by atoms with Gasteiger partial charge >= 0.3 is 0 Å². The summed E-state index contributed by atoms with van der Waals surface area (Å²) in [5.74, 6) is 0.265. The fraction of sp³-hybridized carbons (Fsp3) is 0.300. The van der Waals surface area contributed by atoms with Gasteiger partial charge in [-0.15, -0.1) is 0 Å². The van der Waals surface area contributed by atoms with Crippen LogP contribution < -0.4 is 0 Å². The fourth-order valence-corrected chi connectivity index (χ4v) is 2.10. The zero-order valence-corrected chi connectivity index (χ0v) is 9.62. The SMILES string of the molecule is CC(C)n1nc(Br)c2c(O)cccc21. The molecule has 3 nitrogen and oxygen atoms in total. The van der Waals surface area contributed by atoms with Crippen LogP contribution in [0, 0.1) is 0 Å². The second-order valence-corrected chi connectivity index (χ2v) is 4.25. The topological polar surface area (TPSA) is 38.0 Å². The Hall–Kier alpha value is -1.03. The van der Waals surface area contributed by atoms with E-state index in [0.29, 0.717) is 4.60 Å². The van der Waals surface area contributed by atoms with Gasteiger partial charge in [-0.1, -0.05) is 6.07 Å². The largest absolute Gasteiger partial charge is 0.507 e. The third kappa shape index (κ3) is 1.30. The van der Waals surface area contributed by atoms with E-state index in [1.807, 2.05) is 16.8 Å². The van der Waals surface area contributed by atoms with Crippen molar-refractivity contribution in [1.82, 2.24) is 9.78 Å². The van der Waals surface area contributed by atoms with E-state index in [0.717, 1.165) is 10.9 Å². The minimum Gasteiger partial charge on any atom is -0.507 e. The van der Waals surface area contributed by atoms with Crippen molar-refractivity contribution < 1.29 is 5.11 Å². The molecule has 0 bridgehead atoms. The summed E-state index contributed by atoms with van der Waals surface area (Å²) < 4.78 is 2.58. The summed E-state index contributed by atoms with van der Waals surface area (Å²) in [6.45, 7) is 4.12. The highest BCUT2D eigenvalue weighted by molar-refractivity contribution is 9.10. The summed E-state index contributed by atoms with van der Waals surface area (Å²) in [4.78, 5) is 0. The summed E-state index contributed by atoms with van der Waals surface area (Å²) in [5.41, 5.74) is 0.951. The smallest absolute Gasteiger partial charge is 0.139 e. The van der Waals surface area contributed by atoms with Gasteiger partial charge in [-0.2, -0.15) is 5.10 Å². The standard InChI is InChI=1S/C10H11BrN2O/c1-6(2)13-7-4-3-5-8(14)9(7)10(11)12-13/h3-6,14H,1-2H3. The van der Waals surface area contributed by atoms with Crippen molar-refractivity contribution in [2.24, 2.45) is 0 Å². The molecule has 0 radical (unpaired) electrons. The number of halogens is 1. The third-order valence-electron chi connectivity index (χ3n) is 2.16. The Morgan fingerprint density at radius 1 is 1.43 bits per heavy atom. The second kappa shape index (κ2) is 3.28. The van der Waals surface area contributed by atoms with E-state index in [4.69, 9.17) is 0 Å². The number of phenolic OH excluding ortho intramolecular Hbond substituents is 1. The molecule has 4 heteroatoms. The molecule has 0 amide bonds. The number of aromatic nitrogens is 2. The van der Waals surface area contributed by atoms with Gasteiger partial charge in [-0.3, -0.25) is 4.68 Å². The van der Waals surface area contributed by atoms with E-state index in [-0.39, 0.29) is 11.8 Å². The van der Waals surface area contributed by atoms with Crippen LogP contribution in [0.3, 0.4) is 0 Å². The molecule has 0 unspecified atom stereocenters. The molecule has 1 aromatic carbocycles. The quantitative estimate of drug-likeness (QED) is 0.850. The zero-order valence-electron chi connectivity index (χ0n) is 8.03. The van der Waals surface area contributed by atoms with E-state index < -0.39 is 0 Å². The molecule has 0 aliphatic heterocycles. The van der Waals surface area contributed by atoms with E-state index in [1.54, 1.807) is 6.07 Å². The van der Waals surface area contributed by atoms with Gasteiger partial charge in [0.2, 0.25) is 0 Å². The average Bonchev–Trinajstić information content (AvgIpc) is 2.45. The van der Waals surface area contributed by atoms with Gasteiger partial charge in [0.05, 0.1) is 10.9 Å². The maximum atomic E-state index is 9.66. The van der Waals surface area contributed by atoms with Crippen molar-refractivity contribution in [2.75, 3.05) is 0 Å². The normalized spacial score (nSPS) is 11.4. The number of hydrogen-bond acceptors (Lipinski definition) is 2. The first-order valence-corrected chi connectivity index (χ1v) is 5.26. The molecule has 1 aromatic heterocycles. The molecule has 0 atom stereocenters. The van der Waals surface area contributed by atoms with Gasteiger partial charge in [-0.25, -0.2) is 0 Å². The van der Waals surface area contributed by atoms with Crippen molar-refractivity contribution in [1.29, 1.82) is 0 Å². The molecule has 0 fully saturated rings. The lowest BCUT2D eigenvalue weighted by Gasteiger charge is -2.06. The van der Waals surface area contributed by atoms with Crippen LogP contribution in [0.4, 0.5) is 0 Å². The highest BCUT2D eigenvalue weighted by Gasteiger charge is 2.13. The van der Waals surface area contributed by atoms with E-state index in [2.05, 4.69) is 34.9 Å². The van der Waals surface area contributed by atoms with Gasteiger partial charge in [0.25, 0.3) is 0 Å². The van der Waals surface area contributed by atoms with E-state index >= 15 is 0 Å². The molecule has 1 N–H and O–H groups in total. The average molecular weight is 255 g/mol. The summed E-state index contributed by atoms with van der Waals surface area (Å²) in [6.07, 6.45) is 0. The van der Waals surface area contributed by atoms with Crippen molar-refractivity contribution in [3.05, 3.63) is 22.8 Å². The molecule has 0 saturated carbocycles. The van der Waals surface area contributed by atoms with Crippen LogP contribution in [0.5, 0.6) is 5.75 Å². The molecule has 0 aliphatic carbocycles. The van der Waals surface area contributed by atoms with Crippen LogP contribution in [0.2, 0.25) is 0 Å². The maximum absolute atomic E-state index is 9.66. The molecule has 0 saturated heterocycles. The Kier molecular flexibility index (Phi) is 2.23. The van der Waals surface area contributed by atoms with Gasteiger partial charge < -0.3 is 5.11 Å². The first-order chi connectivity index (χ1) is 6.61. The Morgan fingerprint density at radius 3 is 2.79 bits per heavy atom. The number of phenols is 1. The van der Waals surface area contributed by atoms with Gasteiger partial charge in [0, 0.05) is 6.04 Å². The first-order valence-electron chi connectivity index (χ1n) is 4.47. The number of hydrogen-bond donors (Lipinski definition) is 1. The lowest BCUT2D eigenvalue weighted by atomic mass is 10.2. The molecule has 0 spiro atoms. The summed E-state index contributed by atoms with van der Waals surface area (Å²) in [6, 6.07) is 5.72. The van der Waals surface area contributed by atoms with E-state index in [9.17, 15) is 5.11 Å². The summed E-state index contributed by atoms with van der Waals surface area (Å²) >= 11 is 3.34. The molecule has 0 aliphatic rings. The van der Waals surface area contributed by atoms with Gasteiger partial charge in [0.1, 0.15) is 10.4 Å². The van der Waals surface area contributed by atoms with Crippen LogP contribution in [-0.2, 0) is 0 Å². The highest BCUT2D eigenvalue weighted by Crippen LogP contribution is 2.32. The Balaban J connectivity index is 2.84. The minimum atomic E-state index is 0.265. The fourth-order valence-electron chi connectivity index (χ4n) is 1.52. The summed E-state index contributed by atoms with van der Waals surface area (Å²) in [7, 11) is 0. The molecular formula is C10H11BrN2O. The van der Waals surface area contributed by atoms with Crippen molar-refractivity contribution in [3.8, 4) is 5.75 Å². The van der Waals surface area contributed by atoms with Gasteiger partial charge in [0.15, 0.2) is 0 Å². The Bertz CT molecular complexity index is 476. The zero-order chi connectivity index (χ0) is 10.3. The Labute approximate surface area is 90.5 Å². The minimum absolute atomic E-state index is 0.265. The molecule has 2 aromatic rings. The highest BCUT2D eigenvalue weighted by atomic mass is 79.9. The van der Waals surface area contributed by atoms with Gasteiger partial charge in [-0.05, 0) is 41.9 Å². The predicted octanol–water partition coefficient (Wildman–Crippen LogP) is 3.09. The van der Waals surface area contributed by atoms with Crippen LogP contribution >= 0.6 is 15.9 Å². The molecular weight excluding hydrogens is 244 g/mol. The molecule has 1 heterocycles. The first kappa shape index (κ1) is 9.52. The van der Waals surface area contributed by atoms with Crippen LogP contribution in [0.25, 0.3) is 10.9 Å².